The minimum atomic E-state index is -1.51. The van der Waals surface area contributed by atoms with E-state index in [9.17, 15) is 20.0 Å². The van der Waals surface area contributed by atoms with E-state index >= 15 is 0 Å². The Morgan fingerprint density at radius 2 is 2.00 bits per heavy atom. The third-order valence-corrected chi connectivity index (χ3v) is 3.36. The van der Waals surface area contributed by atoms with Crippen LogP contribution < -0.4 is 0 Å². The molecule has 0 fully saturated rings. The SMILES string of the molecule is Cc1nc(CC/C(O)=C(\C#N)C(=O)O)c(-c2ccc([N+](=O)[O-])cc2)o1. The minimum absolute atomic E-state index is 0.0674. The summed E-state index contributed by atoms with van der Waals surface area (Å²) in [6.07, 6.45) is 0.0229. The molecule has 0 aliphatic carbocycles. The molecule has 0 saturated carbocycles. The maximum atomic E-state index is 10.8. The van der Waals surface area contributed by atoms with E-state index in [2.05, 4.69) is 4.98 Å². The number of nitro groups is 1. The van der Waals surface area contributed by atoms with Crippen LogP contribution in [-0.2, 0) is 11.2 Å². The van der Waals surface area contributed by atoms with Gasteiger partial charge in [0, 0.05) is 37.5 Å². The molecule has 0 atom stereocenters. The minimum Gasteiger partial charge on any atom is -0.511 e. The number of aliphatic hydroxyl groups is 1. The highest BCUT2D eigenvalue weighted by atomic mass is 16.6. The molecule has 25 heavy (non-hydrogen) atoms. The molecule has 0 bridgehead atoms. The molecule has 0 amide bonds. The van der Waals surface area contributed by atoms with Gasteiger partial charge in [-0.2, -0.15) is 5.26 Å². The number of hydrogen-bond acceptors (Lipinski definition) is 7. The first-order valence-corrected chi connectivity index (χ1v) is 7.10. The number of aliphatic carboxylic acids is 1. The van der Waals surface area contributed by atoms with Crippen LogP contribution in [0.15, 0.2) is 40.0 Å². The summed E-state index contributed by atoms with van der Waals surface area (Å²) >= 11 is 0. The second-order valence-corrected chi connectivity index (χ2v) is 5.05. The number of nitriles is 1. The van der Waals surface area contributed by atoms with Crippen molar-refractivity contribution in [3.8, 4) is 17.4 Å². The van der Waals surface area contributed by atoms with E-state index in [-0.39, 0.29) is 18.5 Å². The molecule has 0 saturated heterocycles. The molecule has 1 aromatic carbocycles. The zero-order valence-corrected chi connectivity index (χ0v) is 13.1. The molecule has 2 aromatic rings. The van der Waals surface area contributed by atoms with Crippen LogP contribution in [0.3, 0.4) is 0 Å². The first-order chi connectivity index (χ1) is 11.8. The smallest absolute Gasteiger partial charge is 0.349 e. The summed E-state index contributed by atoms with van der Waals surface area (Å²) in [7, 11) is 0. The van der Waals surface area contributed by atoms with E-state index in [1.54, 1.807) is 6.92 Å². The van der Waals surface area contributed by atoms with Crippen LogP contribution in [0.1, 0.15) is 18.0 Å². The van der Waals surface area contributed by atoms with Gasteiger partial charge in [0.05, 0.1) is 10.6 Å². The Labute approximate surface area is 141 Å². The van der Waals surface area contributed by atoms with Gasteiger partial charge in [-0.15, -0.1) is 0 Å². The molecule has 1 heterocycles. The van der Waals surface area contributed by atoms with E-state index in [1.165, 1.54) is 30.3 Å². The Hall–Kier alpha value is -3.67. The van der Waals surface area contributed by atoms with Gasteiger partial charge in [0.2, 0.25) is 0 Å². The van der Waals surface area contributed by atoms with Gasteiger partial charge in [-0.25, -0.2) is 9.78 Å². The average molecular weight is 343 g/mol. The summed E-state index contributed by atoms with van der Waals surface area (Å²) in [5.74, 6) is -1.34. The molecular weight excluding hydrogens is 330 g/mol. The lowest BCUT2D eigenvalue weighted by molar-refractivity contribution is -0.384. The molecule has 2 N–H and O–H groups in total. The topological polar surface area (TPSA) is 150 Å². The Kier molecular flexibility index (Phi) is 5.14. The molecule has 1 aromatic heterocycles. The molecule has 9 nitrogen and oxygen atoms in total. The molecule has 0 unspecified atom stereocenters. The summed E-state index contributed by atoms with van der Waals surface area (Å²) in [5.41, 5.74) is 0.211. The number of nitrogens with zero attached hydrogens (tertiary/aromatic N) is 3. The molecular formula is C16H13N3O6. The molecule has 0 aliphatic heterocycles. The second-order valence-electron chi connectivity index (χ2n) is 5.05. The van der Waals surface area contributed by atoms with E-state index in [1.807, 2.05) is 0 Å². The predicted molar refractivity (Wildman–Crippen MR) is 84.6 cm³/mol. The zero-order valence-electron chi connectivity index (χ0n) is 13.1. The fourth-order valence-corrected chi connectivity index (χ4v) is 2.20. The van der Waals surface area contributed by atoms with Gasteiger partial charge in [-0.3, -0.25) is 10.1 Å². The van der Waals surface area contributed by atoms with Crippen molar-refractivity contribution in [3.05, 3.63) is 57.3 Å². The Morgan fingerprint density at radius 3 is 2.52 bits per heavy atom. The summed E-state index contributed by atoms with van der Waals surface area (Å²) in [5, 5.41) is 38.0. The number of aryl methyl sites for hydroxylation is 2. The molecule has 0 aliphatic rings. The third-order valence-electron chi connectivity index (χ3n) is 3.36. The lowest BCUT2D eigenvalue weighted by Crippen LogP contribution is -2.04. The molecule has 0 radical (unpaired) electrons. The largest absolute Gasteiger partial charge is 0.511 e. The quantitative estimate of drug-likeness (QED) is 0.267. The Bertz CT molecular complexity index is 890. The number of non-ortho nitro benzene ring substituents is 1. The standard InChI is InChI=1S/C16H13N3O6/c1-9-18-13(6-7-14(20)12(8-17)16(21)22)15(25-9)10-2-4-11(5-3-10)19(23)24/h2-5,20H,6-7H2,1H3,(H,21,22)/b14-12-. The number of carbonyl (C=O) groups is 1. The summed E-state index contributed by atoms with van der Waals surface area (Å²) in [6.45, 7) is 1.62. The lowest BCUT2D eigenvalue weighted by atomic mass is 10.1. The maximum absolute atomic E-state index is 10.8. The van der Waals surface area contributed by atoms with Gasteiger partial charge in [-0.1, -0.05) is 0 Å². The number of carboxylic acids is 1. The number of aromatic nitrogens is 1. The summed E-state index contributed by atoms with van der Waals surface area (Å²) in [4.78, 5) is 25.2. The van der Waals surface area contributed by atoms with Crippen molar-refractivity contribution in [2.45, 2.75) is 19.8 Å². The zero-order chi connectivity index (χ0) is 18.6. The van der Waals surface area contributed by atoms with Crippen LogP contribution in [0, 0.1) is 28.4 Å². The van der Waals surface area contributed by atoms with Crippen molar-refractivity contribution in [2.75, 3.05) is 0 Å². The first-order valence-electron chi connectivity index (χ1n) is 7.10. The van der Waals surface area contributed by atoms with Gasteiger partial charge < -0.3 is 14.6 Å². The monoisotopic (exact) mass is 343 g/mol. The van der Waals surface area contributed by atoms with Crippen molar-refractivity contribution in [2.24, 2.45) is 0 Å². The fraction of sp³-hybridized carbons (Fsp3) is 0.188. The van der Waals surface area contributed by atoms with Crippen molar-refractivity contribution in [3.63, 3.8) is 0 Å². The van der Waals surface area contributed by atoms with Gasteiger partial charge in [0.25, 0.3) is 5.69 Å². The van der Waals surface area contributed by atoms with Gasteiger partial charge >= 0.3 is 5.97 Å². The Balaban J connectivity index is 2.28. The van der Waals surface area contributed by atoms with Crippen LogP contribution in [0.4, 0.5) is 5.69 Å². The van der Waals surface area contributed by atoms with Crippen LogP contribution in [-0.4, -0.2) is 26.1 Å². The predicted octanol–water partition coefficient (Wildman–Crippen LogP) is 2.91. The molecule has 2 rings (SSSR count). The van der Waals surface area contributed by atoms with Gasteiger partial charge in [0.15, 0.2) is 17.2 Å². The van der Waals surface area contributed by atoms with Crippen molar-refractivity contribution in [1.82, 2.24) is 4.98 Å². The number of rotatable bonds is 6. The van der Waals surface area contributed by atoms with Crippen LogP contribution in [0.25, 0.3) is 11.3 Å². The number of carboxylic acid groups (broad SMARTS) is 1. The molecule has 0 spiro atoms. The van der Waals surface area contributed by atoms with E-state index < -0.39 is 22.2 Å². The normalized spacial score (nSPS) is 11.5. The molecule has 128 valence electrons. The number of hydrogen-bond donors (Lipinski definition) is 2. The maximum Gasteiger partial charge on any atom is 0.349 e. The van der Waals surface area contributed by atoms with Crippen molar-refractivity contribution >= 4 is 11.7 Å². The second kappa shape index (κ2) is 7.27. The van der Waals surface area contributed by atoms with Gasteiger partial charge in [0.1, 0.15) is 11.8 Å². The Morgan fingerprint density at radius 1 is 1.36 bits per heavy atom. The summed E-state index contributed by atoms with van der Waals surface area (Å²) in [6, 6.07) is 7.10. The number of benzene rings is 1. The van der Waals surface area contributed by atoms with E-state index in [4.69, 9.17) is 14.8 Å². The number of oxazole rings is 1. The fourth-order valence-electron chi connectivity index (χ4n) is 2.20. The van der Waals surface area contributed by atoms with Crippen molar-refractivity contribution in [1.29, 1.82) is 5.26 Å². The van der Waals surface area contributed by atoms with Gasteiger partial charge in [-0.05, 0) is 12.1 Å². The first kappa shape index (κ1) is 17.7. The highest BCUT2D eigenvalue weighted by molar-refractivity contribution is 5.91. The average Bonchev–Trinajstić information content (AvgIpc) is 2.94. The van der Waals surface area contributed by atoms with E-state index in [0.29, 0.717) is 22.9 Å². The summed E-state index contributed by atoms with van der Waals surface area (Å²) < 4.78 is 5.51. The number of allylic oxidation sites excluding steroid dienone is 1. The van der Waals surface area contributed by atoms with E-state index in [0.717, 1.165) is 0 Å². The highest BCUT2D eigenvalue weighted by Gasteiger charge is 2.18. The highest BCUT2D eigenvalue weighted by Crippen LogP contribution is 2.28. The van der Waals surface area contributed by atoms with Crippen LogP contribution in [0.2, 0.25) is 0 Å². The molecule has 9 heteroatoms. The van der Waals surface area contributed by atoms with Crippen LogP contribution >= 0.6 is 0 Å². The third kappa shape index (κ3) is 4.00. The van der Waals surface area contributed by atoms with Crippen LogP contribution in [0.5, 0.6) is 0 Å². The lowest BCUT2D eigenvalue weighted by Gasteiger charge is -2.02. The number of aliphatic hydroxyl groups excluding tert-OH is 1. The van der Waals surface area contributed by atoms with Crippen molar-refractivity contribution < 1.29 is 24.3 Å². The number of nitro benzene ring substituents is 1.